The van der Waals surface area contributed by atoms with Crippen LogP contribution in [-0.2, 0) is 0 Å². The second-order valence-corrected chi connectivity index (χ2v) is 5.13. The first-order chi connectivity index (χ1) is 8.56. The SMILES string of the molecule is Cc1cnc(Cl)cc1Sc1ccc([N+](=O)[O-])cc1. The monoisotopic (exact) mass is 280 g/mol. The van der Waals surface area contributed by atoms with E-state index in [1.165, 1.54) is 23.9 Å². The number of nitro benzene ring substituents is 1. The molecule has 2 rings (SSSR count). The summed E-state index contributed by atoms with van der Waals surface area (Å²) in [6.07, 6.45) is 1.70. The van der Waals surface area contributed by atoms with Gasteiger partial charge in [-0.3, -0.25) is 10.1 Å². The van der Waals surface area contributed by atoms with Crippen LogP contribution in [0.3, 0.4) is 0 Å². The molecule has 0 unspecified atom stereocenters. The summed E-state index contributed by atoms with van der Waals surface area (Å²) in [5, 5.41) is 11.0. The molecular formula is C12H9ClN2O2S. The van der Waals surface area contributed by atoms with Crippen molar-refractivity contribution >= 4 is 29.1 Å². The van der Waals surface area contributed by atoms with Crippen LogP contribution in [0.5, 0.6) is 0 Å². The zero-order valence-corrected chi connectivity index (χ0v) is 11.0. The molecule has 0 spiro atoms. The summed E-state index contributed by atoms with van der Waals surface area (Å²) in [4.78, 5) is 16.0. The number of nitrogens with zero attached hydrogens (tertiary/aromatic N) is 2. The first kappa shape index (κ1) is 12.9. The van der Waals surface area contributed by atoms with Gasteiger partial charge in [0.15, 0.2) is 0 Å². The van der Waals surface area contributed by atoms with E-state index >= 15 is 0 Å². The Labute approximate surface area is 113 Å². The number of aromatic nitrogens is 1. The molecule has 1 aromatic carbocycles. The van der Waals surface area contributed by atoms with Crippen LogP contribution in [0.4, 0.5) is 5.69 Å². The van der Waals surface area contributed by atoms with Gasteiger partial charge in [0, 0.05) is 28.1 Å². The van der Waals surface area contributed by atoms with Crippen molar-refractivity contribution in [1.82, 2.24) is 4.98 Å². The van der Waals surface area contributed by atoms with Crippen LogP contribution in [0.15, 0.2) is 46.3 Å². The molecule has 18 heavy (non-hydrogen) atoms. The Hall–Kier alpha value is -1.59. The summed E-state index contributed by atoms with van der Waals surface area (Å²) in [6, 6.07) is 8.19. The molecule has 0 atom stereocenters. The van der Waals surface area contributed by atoms with Gasteiger partial charge in [0.05, 0.1) is 4.92 Å². The predicted octanol–water partition coefficient (Wildman–Crippen LogP) is 4.10. The van der Waals surface area contributed by atoms with Crippen LogP contribution in [-0.4, -0.2) is 9.91 Å². The Morgan fingerprint density at radius 2 is 2.00 bits per heavy atom. The van der Waals surface area contributed by atoms with E-state index in [9.17, 15) is 10.1 Å². The molecule has 2 aromatic rings. The van der Waals surface area contributed by atoms with E-state index in [0.29, 0.717) is 5.15 Å². The standard InChI is InChI=1S/C12H9ClN2O2S/c1-8-7-14-12(13)6-11(8)18-10-4-2-9(3-5-10)15(16)17/h2-7H,1H3. The minimum absolute atomic E-state index is 0.0869. The zero-order chi connectivity index (χ0) is 13.1. The molecule has 0 saturated heterocycles. The average molecular weight is 281 g/mol. The Balaban J connectivity index is 2.23. The van der Waals surface area contributed by atoms with Gasteiger partial charge >= 0.3 is 0 Å². The summed E-state index contributed by atoms with van der Waals surface area (Å²) >= 11 is 7.34. The molecule has 1 heterocycles. The van der Waals surface area contributed by atoms with E-state index in [1.54, 1.807) is 24.4 Å². The number of nitro groups is 1. The number of benzene rings is 1. The highest BCUT2D eigenvalue weighted by Gasteiger charge is 2.06. The molecule has 0 bridgehead atoms. The lowest BCUT2D eigenvalue weighted by Gasteiger charge is -2.05. The maximum Gasteiger partial charge on any atom is 0.269 e. The maximum absolute atomic E-state index is 10.5. The fraction of sp³-hybridized carbons (Fsp3) is 0.0833. The third kappa shape index (κ3) is 3.00. The second kappa shape index (κ2) is 5.37. The lowest BCUT2D eigenvalue weighted by molar-refractivity contribution is -0.384. The van der Waals surface area contributed by atoms with Gasteiger partial charge in [-0.15, -0.1) is 0 Å². The third-order valence-electron chi connectivity index (χ3n) is 2.30. The van der Waals surface area contributed by atoms with Crippen molar-refractivity contribution in [2.24, 2.45) is 0 Å². The normalized spacial score (nSPS) is 10.3. The van der Waals surface area contributed by atoms with Crippen LogP contribution >= 0.6 is 23.4 Å². The van der Waals surface area contributed by atoms with Crippen molar-refractivity contribution in [3.8, 4) is 0 Å². The quantitative estimate of drug-likeness (QED) is 0.482. The van der Waals surface area contributed by atoms with Crippen molar-refractivity contribution in [1.29, 1.82) is 0 Å². The highest BCUT2D eigenvalue weighted by atomic mass is 35.5. The van der Waals surface area contributed by atoms with E-state index < -0.39 is 4.92 Å². The molecule has 6 heteroatoms. The van der Waals surface area contributed by atoms with E-state index in [4.69, 9.17) is 11.6 Å². The van der Waals surface area contributed by atoms with Gasteiger partial charge in [-0.2, -0.15) is 0 Å². The Morgan fingerprint density at radius 1 is 1.33 bits per heavy atom. The Bertz CT molecular complexity index is 587. The Kier molecular flexibility index (Phi) is 3.84. The van der Waals surface area contributed by atoms with Crippen molar-refractivity contribution in [2.45, 2.75) is 16.7 Å². The molecular weight excluding hydrogens is 272 g/mol. The van der Waals surface area contributed by atoms with Crippen LogP contribution in [0.25, 0.3) is 0 Å². The fourth-order valence-corrected chi connectivity index (χ4v) is 2.49. The van der Waals surface area contributed by atoms with Crippen molar-refractivity contribution < 1.29 is 4.92 Å². The number of halogens is 1. The number of non-ortho nitro benzene ring substituents is 1. The minimum atomic E-state index is -0.414. The zero-order valence-electron chi connectivity index (χ0n) is 9.46. The van der Waals surface area contributed by atoms with Gasteiger partial charge in [-0.05, 0) is 30.7 Å². The van der Waals surface area contributed by atoms with Gasteiger partial charge in [0.25, 0.3) is 5.69 Å². The third-order valence-corrected chi connectivity index (χ3v) is 3.67. The molecule has 0 radical (unpaired) electrons. The Morgan fingerprint density at radius 3 is 2.61 bits per heavy atom. The second-order valence-electron chi connectivity index (χ2n) is 3.63. The fourth-order valence-electron chi connectivity index (χ4n) is 1.35. The topological polar surface area (TPSA) is 56.0 Å². The molecule has 0 saturated carbocycles. The highest BCUT2D eigenvalue weighted by molar-refractivity contribution is 7.99. The highest BCUT2D eigenvalue weighted by Crippen LogP contribution is 2.32. The van der Waals surface area contributed by atoms with Gasteiger partial charge in [0.1, 0.15) is 5.15 Å². The smallest absolute Gasteiger partial charge is 0.258 e. The lowest BCUT2D eigenvalue weighted by atomic mass is 10.3. The van der Waals surface area contributed by atoms with E-state index in [0.717, 1.165) is 15.4 Å². The molecule has 4 nitrogen and oxygen atoms in total. The van der Waals surface area contributed by atoms with Crippen molar-refractivity contribution in [3.63, 3.8) is 0 Å². The lowest BCUT2D eigenvalue weighted by Crippen LogP contribution is -1.87. The molecule has 0 amide bonds. The molecule has 0 fully saturated rings. The van der Waals surface area contributed by atoms with Gasteiger partial charge < -0.3 is 0 Å². The van der Waals surface area contributed by atoms with Crippen molar-refractivity contribution in [3.05, 3.63) is 57.4 Å². The average Bonchev–Trinajstić information content (AvgIpc) is 2.34. The van der Waals surface area contributed by atoms with Gasteiger partial charge in [0.2, 0.25) is 0 Å². The molecule has 0 aliphatic carbocycles. The summed E-state index contributed by atoms with van der Waals surface area (Å²) in [5.41, 5.74) is 1.10. The van der Waals surface area contributed by atoms with E-state index in [2.05, 4.69) is 4.98 Å². The van der Waals surface area contributed by atoms with Crippen LogP contribution in [0.2, 0.25) is 5.15 Å². The van der Waals surface area contributed by atoms with Gasteiger partial charge in [-0.25, -0.2) is 4.98 Å². The molecule has 92 valence electrons. The number of hydrogen-bond acceptors (Lipinski definition) is 4. The molecule has 1 aromatic heterocycles. The number of rotatable bonds is 3. The first-order valence-electron chi connectivity index (χ1n) is 5.11. The minimum Gasteiger partial charge on any atom is -0.258 e. The summed E-state index contributed by atoms with van der Waals surface area (Å²) in [6.45, 7) is 1.94. The van der Waals surface area contributed by atoms with Crippen LogP contribution in [0, 0.1) is 17.0 Å². The predicted molar refractivity (Wildman–Crippen MR) is 71.2 cm³/mol. The maximum atomic E-state index is 10.5. The number of hydrogen-bond donors (Lipinski definition) is 0. The summed E-state index contributed by atoms with van der Waals surface area (Å²) in [5.74, 6) is 0. The van der Waals surface area contributed by atoms with E-state index in [1.807, 2.05) is 6.92 Å². The number of aryl methyl sites for hydroxylation is 1. The van der Waals surface area contributed by atoms with Crippen molar-refractivity contribution in [2.75, 3.05) is 0 Å². The molecule has 0 N–H and O–H groups in total. The largest absolute Gasteiger partial charge is 0.269 e. The summed E-state index contributed by atoms with van der Waals surface area (Å²) < 4.78 is 0. The van der Waals surface area contributed by atoms with Crippen LogP contribution < -0.4 is 0 Å². The molecule has 0 aliphatic rings. The van der Waals surface area contributed by atoms with Crippen LogP contribution in [0.1, 0.15) is 5.56 Å². The van der Waals surface area contributed by atoms with E-state index in [-0.39, 0.29) is 5.69 Å². The molecule has 0 aliphatic heterocycles. The number of pyridine rings is 1. The first-order valence-corrected chi connectivity index (χ1v) is 6.30. The van der Waals surface area contributed by atoms with Gasteiger partial charge in [-0.1, -0.05) is 23.4 Å². The summed E-state index contributed by atoms with van der Waals surface area (Å²) in [7, 11) is 0.